The summed E-state index contributed by atoms with van der Waals surface area (Å²) in [7, 11) is 1.81. The van der Waals surface area contributed by atoms with Crippen LogP contribution in [0.3, 0.4) is 0 Å². The molecule has 1 rings (SSSR count). The van der Waals surface area contributed by atoms with Gasteiger partial charge in [0.1, 0.15) is 0 Å². The Labute approximate surface area is 94.8 Å². The van der Waals surface area contributed by atoms with Crippen molar-refractivity contribution in [2.24, 2.45) is 5.41 Å². The summed E-state index contributed by atoms with van der Waals surface area (Å²) in [5, 5.41) is 3.66. The minimum absolute atomic E-state index is 0.239. The fourth-order valence-electron chi connectivity index (χ4n) is 2.41. The minimum Gasteiger partial charge on any atom is -0.385 e. The summed E-state index contributed by atoms with van der Waals surface area (Å²) in [5.74, 6) is 0. The van der Waals surface area contributed by atoms with Crippen molar-refractivity contribution in [1.82, 2.24) is 5.32 Å². The Kier molecular flexibility index (Phi) is 4.60. The van der Waals surface area contributed by atoms with Crippen LogP contribution in [0.4, 0.5) is 0 Å². The Morgan fingerprint density at radius 2 is 1.80 bits per heavy atom. The number of ether oxygens (including phenoxy) is 1. The topological polar surface area (TPSA) is 21.3 Å². The maximum Gasteiger partial charge on any atom is 0.0468 e. The lowest BCUT2D eigenvalue weighted by Gasteiger charge is -2.33. The maximum absolute atomic E-state index is 5.23. The molecule has 0 unspecified atom stereocenters. The molecule has 0 amide bonds. The molecule has 0 aromatic heterocycles. The molecule has 1 fully saturated rings. The third-order valence-electron chi connectivity index (χ3n) is 3.49. The smallest absolute Gasteiger partial charge is 0.0468 e. The van der Waals surface area contributed by atoms with Crippen molar-refractivity contribution in [3.05, 3.63) is 0 Å². The third kappa shape index (κ3) is 4.52. The van der Waals surface area contributed by atoms with Crippen molar-refractivity contribution >= 4 is 0 Å². The van der Waals surface area contributed by atoms with Crippen LogP contribution in [0, 0.1) is 5.41 Å². The van der Waals surface area contributed by atoms with Gasteiger partial charge in [0, 0.05) is 25.8 Å². The summed E-state index contributed by atoms with van der Waals surface area (Å²) < 4.78 is 5.23. The molecular weight excluding hydrogens is 186 g/mol. The summed E-state index contributed by atoms with van der Waals surface area (Å²) >= 11 is 0. The monoisotopic (exact) mass is 213 g/mol. The first kappa shape index (κ1) is 13.0. The summed E-state index contributed by atoms with van der Waals surface area (Å²) in [5.41, 5.74) is 0.756. The van der Waals surface area contributed by atoms with Gasteiger partial charge in [0.25, 0.3) is 0 Å². The molecule has 1 aliphatic rings. The van der Waals surface area contributed by atoms with Crippen LogP contribution in [0.15, 0.2) is 0 Å². The summed E-state index contributed by atoms with van der Waals surface area (Å²) in [6.07, 6.45) is 6.76. The molecule has 0 aromatic carbocycles. The van der Waals surface area contributed by atoms with E-state index in [2.05, 4.69) is 26.1 Å². The number of rotatable bonds is 5. The molecule has 1 N–H and O–H groups in total. The average Bonchev–Trinajstić information content (AvgIpc) is 2.60. The van der Waals surface area contributed by atoms with E-state index in [9.17, 15) is 0 Å². The van der Waals surface area contributed by atoms with Crippen LogP contribution in [0.1, 0.15) is 52.9 Å². The van der Waals surface area contributed by atoms with Crippen LogP contribution >= 0.6 is 0 Å². The van der Waals surface area contributed by atoms with Crippen LogP contribution in [0.5, 0.6) is 0 Å². The number of methoxy groups -OCH3 is 1. The fraction of sp³-hybridized carbons (Fsp3) is 1.00. The molecule has 0 aliphatic heterocycles. The molecular formula is C13H27NO. The standard InChI is InChI=1S/C13H27NO/c1-12(2,3)14-11-13(9-10-15-4)7-5-6-8-13/h14H,5-11H2,1-4H3. The maximum atomic E-state index is 5.23. The van der Waals surface area contributed by atoms with Gasteiger partial charge in [0.05, 0.1) is 0 Å². The molecule has 1 saturated carbocycles. The summed E-state index contributed by atoms with van der Waals surface area (Å²) in [6.45, 7) is 8.79. The molecule has 0 heterocycles. The molecule has 2 nitrogen and oxygen atoms in total. The van der Waals surface area contributed by atoms with Gasteiger partial charge in [-0.2, -0.15) is 0 Å². The largest absolute Gasteiger partial charge is 0.385 e. The first-order valence-electron chi connectivity index (χ1n) is 6.21. The van der Waals surface area contributed by atoms with Crippen LogP contribution in [-0.2, 0) is 4.74 Å². The van der Waals surface area contributed by atoms with Crippen LogP contribution in [-0.4, -0.2) is 25.8 Å². The SMILES string of the molecule is COCCC1(CNC(C)(C)C)CCCC1. The minimum atomic E-state index is 0.239. The van der Waals surface area contributed by atoms with Crippen LogP contribution in [0.25, 0.3) is 0 Å². The number of nitrogens with one attached hydrogen (secondary N) is 1. The van der Waals surface area contributed by atoms with Gasteiger partial charge >= 0.3 is 0 Å². The third-order valence-corrected chi connectivity index (χ3v) is 3.49. The molecule has 0 saturated heterocycles. The Balaban J connectivity index is 2.42. The quantitative estimate of drug-likeness (QED) is 0.758. The molecule has 0 bridgehead atoms. The molecule has 90 valence electrons. The highest BCUT2D eigenvalue weighted by Crippen LogP contribution is 2.40. The lowest BCUT2D eigenvalue weighted by Crippen LogP contribution is -2.43. The van der Waals surface area contributed by atoms with E-state index >= 15 is 0 Å². The Morgan fingerprint density at radius 3 is 2.27 bits per heavy atom. The first-order chi connectivity index (χ1) is 6.97. The first-order valence-corrected chi connectivity index (χ1v) is 6.21. The van der Waals surface area contributed by atoms with Gasteiger partial charge in [0.15, 0.2) is 0 Å². The second-order valence-corrected chi connectivity index (χ2v) is 6.05. The highest BCUT2D eigenvalue weighted by molar-refractivity contribution is 4.88. The Morgan fingerprint density at radius 1 is 1.20 bits per heavy atom. The summed E-state index contributed by atoms with van der Waals surface area (Å²) in [6, 6.07) is 0. The van der Waals surface area contributed by atoms with Crippen molar-refractivity contribution in [3.63, 3.8) is 0 Å². The molecule has 15 heavy (non-hydrogen) atoms. The molecule has 0 radical (unpaired) electrons. The van der Waals surface area contributed by atoms with Crippen LogP contribution < -0.4 is 5.32 Å². The lowest BCUT2D eigenvalue weighted by molar-refractivity contribution is 0.130. The van der Waals surface area contributed by atoms with Gasteiger partial charge in [-0.1, -0.05) is 12.8 Å². The van der Waals surface area contributed by atoms with Crippen molar-refractivity contribution in [3.8, 4) is 0 Å². The van der Waals surface area contributed by atoms with E-state index < -0.39 is 0 Å². The zero-order valence-corrected chi connectivity index (χ0v) is 10.9. The zero-order chi connectivity index (χ0) is 11.4. The van der Waals surface area contributed by atoms with Gasteiger partial charge in [-0.25, -0.2) is 0 Å². The summed E-state index contributed by atoms with van der Waals surface area (Å²) in [4.78, 5) is 0. The average molecular weight is 213 g/mol. The predicted octanol–water partition coefficient (Wildman–Crippen LogP) is 2.97. The molecule has 0 aromatic rings. The van der Waals surface area contributed by atoms with Crippen molar-refractivity contribution in [2.75, 3.05) is 20.3 Å². The number of hydrogen-bond acceptors (Lipinski definition) is 2. The van der Waals surface area contributed by atoms with E-state index in [-0.39, 0.29) is 5.54 Å². The zero-order valence-electron chi connectivity index (χ0n) is 10.9. The van der Waals surface area contributed by atoms with E-state index in [1.54, 1.807) is 7.11 Å². The molecule has 0 spiro atoms. The fourth-order valence-corrected chi connectivity index (χ4v) is 2.41. The second kappa shape index (κ2) is 5.31. The van der Waals surface area contributed by atoms with Crippen molar-refractivity contribution < 1.29 is 4.74 Å². The Hall–Kier alpha value is -0.0800. The van der Waals surface area contributed by atoms with Crippen molar-refractivity contribution in [2.45, 2.75) is 58.4 Å². The van der Waals surface area contributed by atoms with Gasteiger partial charge < -0.3 is 10.1 Å². The van der Waals surface area contributed by atoms with Gasteiger partial charge in [0.2, 0.25) is 0 Å². The van der Waals surface area contributed by atoms with E-state index in [0.717, 1.165) is 13.2 Å². The lowest BCUT2D eigenvalue weighted by atomic mass is 9.82. The predicted molar refractivity (Wildman–Crippen MR) is 65.1 cm³/mol. The molecule has 1 aliphatic carbocycles. The van der Waals surface area contributed by atoms with Gasteiger partial charge in [-0.05, 0) is 45.4 Å². The van der Waals surface area contributed by atoms with E-state index in [1.807, 2.05) is 0 Å². The highest BCUT2D eigenvalue weighted by Gasteiger charge is 2.33. The van der Waals surface area contributed by atoms with E-state index in [1.165, 1.54) is 32.1 Å². The van der Waals surface area contributed by atoms with Gasteiger partial charge in [-0.3, -0.25) is 0 Å². The second-order valence-electron chi connectivity index (χ2n) is 6.05. The van der Waals surface area contributed by atoms with E-state index in [0.29, 0.717) is 5.41 Å². The number of hydrogen-bond donors (Lipinski definition) is 1. The highest BCUT2D eigenvalue weighted by atomic mass is 16.5. The van der Waals surface area contributed by atoms with Gasteiger partial charge in [-0.15, -0.1) is 0 Å². The van der Waals surface area contributed by atoms with Crippen molar-refractivity contribution in [1.29, 1.82) is 0 Å². The normalized spacial score (nSPS) is 20.8. The molecule has 2 heteroatoms. The Bertz CT molecular complexity index is 177. The van der Waals surface area contributed by atoms with Crippen LogP contribution in [0.2, 0.25) is 0 Å². The molecule has 0 atom stereocenters. The van der Waals surface area contributed by atoms with E-state index in [4.69, 9.17) is 4.74 Å².